The first-order valence-electron chi connectivity index (χ1n) is 7.63. The number of pyridine rings is 1. The SMILES string of the molecule is CC(C)(C)c1cc(-c2[c-]cccc2)nc(-c2[c-]cccc2)c1.[Cl][Ni]. The van der Waals surface area contributed by atoms with Crippen molar-refractivity contribution in [2.24, 2.45) is 0 Å². The minimum absolute atomic E-state index is 0.0655. The summed E-state index contributed by atoms with van der Waals surface area (Å²) in [5.41, 5.74) is 5.29. The Labute approximate surface area is 156 Å². The fourth-order valence-electron chi connectivity index (χ4n) is 2.34. The van der Waals surface area contributed by atoms with Gasteiger partial charge in [0, 0.05) is 0 Å². The van der Waals surface area contributed by atoms with Crippen LogP contribution in [-0.4, -0.2) is 4.98 Å². The zero-order chi connectivity index (χ0) is 17.6. The van der Waals surface area contributed by atoms with E-state index in [0.29, 0.717) is 0 Å². The predicted octanol–water partition coefficient (Wildman–Crippen LogP) is 6.00. The predicted molar refractivity (Wildman–Crippen MR) is 97.3 cm³/mol. The molecule has 0 bridgehead atoms. The van der Waals surface area contributed by atoms with Gasteiger partial charge in [0.15, 0.2) is 0 Å². The van der Waals surface area contributed by atoms with Gasteiger partial charge >= 0.3 is 24.8 Å². The third kappa shape index (κ3) is 4.69. The van der Waals surface area contributed by atoms with E-state index in [4.69, 9.17) is 4.98 Å². The van der Waals surface area contributed by atoms with Gasteiger partial charge in [-0.25, -0.2) is 0 Å². The summed E-state index contributed by atoms with van der Waals surface area (Å²) >= 11 is 3.35. The summed E-state index contributed by atoms with van der Waals surface area (Å²) < 4.78 is 0. The summed E-state index contributed by atoms with van der Waals surface area (Å²) in [5, 5.41) is 0. The van der Waals surface area contributed by atoms with Gasteiger partial charge in [-0.2, -0.15) is 0 Å². The average Bonchev–Trinajstić information content (AvgIpc) is 2.64. The molecule has 0 saturated heterocycles. The van der Waals surface area contributed by atoms with Crippen molar-refractivity contribution in [3.8, 4) is 22.5 Å². The van der Waals surface area contributed by atoms with Crippen molar-refractivity contribution in [1.29, 1.82) is 0 Å². The Morgan fingerprint density at radius 1 is 0.833 bits per heavy atom. The molecule has 1 aromatic heterocycles. The number of halogens is 1. The maximum absolute atomic E-state index is 4.82. The second-order valence-corrected chi connectivity index (χ2v) is 6.43. The zero-order valence-electron chi connectivity index (χ0n) is 13.9. The summed E-state index contributed by atoms with van der Waals surface area (Å²) in [6.07, 6.45) is 0. The average molecular weight is 380 g/mol. The van der Waals surface area contributed by atoms with Gasteiger partial charge in [0.1, 0.15) is 0 Å². The van der Waals surface area contributed by atoms with Crippen LogP contribution in [0.2, 0.25) is 0 Å². The molecule has 24 heavy (non-hydrogen) atoms. The molecular formula is C21H19ClNNi-2. The number of rotatable bonds is 2. The monoisotopic (exact) mass is 378 g/mol. The van der Waals surface area contributed by atoms with E-state index >= 15 is 0 Å². The first kappa shape index (κ1) is 18.7. The molecule has 0 fully saturated rings. The summed E-state index contributed by atoms with van der Waals surface area (Å²) in [5.74, 6) is 0. The molecule has 3 rings (SSSR count). The van der Waals surface area contributed by atoms with Crippen LogP contribution >= 0.6 is 10.2 Å². The second-order valence-electron chi connectivity index (χ2n) is 6.43. The van der Waals surface area contributed by atoms with Crippen molar-refractivity contribution in [3.05, 3.63) is 78.4 Å². The molecule has 0 radical (unpaired) electrons. The van der Waals surface area contributed by atoms with Gasteiger partial charge in [-0.3, -0.25) is 0 Å². The quantitative estimate of drug-likeness (QED) is 0.393. The molecule has 0 aliphatic carbocycles. The van der Waals surface area contributed by atoms with Crippen LogP contribution in [-0.2, 0) is 20.0 Å². The molecule has 0 aliphatic rings. The molecule has 0 spiro atoms. The Kier molecular flexibility index (Phi) is 6.60. The number of hydrogen-bond donors (Lipinski definition) is 0. The fourth-order valence-corrected chi connectivity index (χ4v) is 2.34. The molecule has 0 aliphatic heterocycles. The first-order chi connectivity index (χ1) is 11.5. The summed E-state index contributed by atoms with van der Waals surface area (Å²) in [6.45, 7) is 6.66. The Bertz CT molecular complexity index is 707. The zero-order valence-corrected chi connectivity index (χ0v) is 15.7. The molecule has 1 nitrogen and oxygen atoms in total. The van der Waals surface area contributed by atoms with Crippen LogP contribution in [0.3, 0.4) is 0 Å². The number of hydrogen-bond acceptors (Lipinski definition) is 1. The van der Waals surface area contributed by atoms with Crippen molar-refractivity contribution in [1.82, 2.24) is 4.98 Å². The first-order valence-corrected chi connectivity index (χ1v) is 8.99. The van der Waals surface area contributed by atoms with Crippen molar-refractivity contribution in [2.75, 3.05) is 0 Å². The van der Waals surface area contributed by atoms with E-state index in [1.807, 2.05) is 48.5 Å². The Morgan fingerprint density at radius 2 is 1.29 bits per heavy atom. The third-order valence-corrected chi connectivity index (χ3v) is 3.66. The minimum atomic E-state index is 0.0655. The van der Waals surface area contributed by atoms with Gasteiger partial charge in [-0.15, -0.1) is 71.8 Å². The molecule has 0 unspecified atom stereocenters. The Balaban J connectivity index is 0.00000100. The van der Waals surface area contributed by atoms with Crippen molar-refractivity contribution in [3.63, 3.8) is 0 Å². The topological polar surface area (TPSA) is 12.9 Å². The normalized spacial score (nSPS) is 10.8. The Morgan fingerprint density at radius 3 is 1.62 bits per heavy atom. The van der Waals surface area contributed by atoms with Crippen LogP contribution in [0.15, 0.2) is 60.7 Å². The summed E-state index contributed by atoms with van der Waals surface area (Å²) in [7, 11) is 4.26. The van der Waals surface area contributed by atoms with E-state index in [0.717, 1.165) is 22.5 Å². The number of benzene rings is 2. The van der Waals surface area contributed by atoms with Gasteiger partial charge in [0.2, 0.25) is 0 Å². The summed E-state index contributed by atoms with van der Waals surface area (Å²) in [6, 6.07) is 26.8. The van der Waals surface area contributed by atoms with Gasteiger partial charge in [0.25, 0.3) is 0 Å². The molecule has 3 aromatic rings. The molecule has 0 saturated carbocycles. The van der Waals surface area contributed by atoms with E-state index in [1.54, 1.807) is 0 Å². The molecule has 0 atom stereocenters. The van der Waals surface area contributed by atoms with Crippen molar-refractivity contribution >= 4 is 10.2 Å². The van der Waals surface area contributed by atoms with Gasteiger partial charge in [-0.05, 0) is 16.8 Å². The molecule has 3 heteroatoms. The molecule has 127 valence electrons. The number of nitrogens with zero attached hydrogens (tertiary/aromatic N) is 1. The van der Waals surface area contributed by atoms with Crippen LogP contribution < -0.4 is 0 Å². The van der Waals surface area contributed by atoms with Crippen LogP contribution in [0.5, 0.6) is 0 Å². The van der Waals surface area contributed by atoms with Crippen molar-refractivity contribution in [2.45, 2.75) is 26.2 Å². The van der Waals surface area contributed by atoms with Crippen molar-refractivity contribution < 1.29 is 14.6 Å². The van der Waals surface area contributed by atoms with E-state index in [-0.39, 0.29) is 5.41 Å². The molecule has 2 aromatic carbocycles. The summed E-state index contributed by atoms with van der Waals surface area (Å²) in [4.78, 5) is 4.82. The van der Waals surface area contributed by atoms with E-state index in [1.165, 1.54) is 5.56 Å². The fraction of sp³-hybridized carbons (Fsp3) is 0.190. The molecule has 1 heterocycles. The molecular weight excluding hydrogens is 360 g/mol. The van der Waals surface area contributed by atoms with Gasteiger partial charge in [0.05, 0.1) is 0 Å². The van der Waals surface area contributed by atoms with E-state index < -0.39 is 0 Å². The van der Waals surface area contributed by atoms with Crippen LogP contribution in [0.25, 0.3) is 22.5 Å². The van der Waals surface area contributed by atoms with Crippen LogP contribution in [0.4, 0.5) is 0 Å². The standard InChI is InChI=1S/C21H19N.ClH.Ni/c1-21(2,3)18-14-19(16-10-6-4-7-11-16)22-20(15-18)17-12-8-5-9-13-17;;/h4-10,12,14-15H,1-3H3;1H;/q-2;;+1/p-1. The van der Waals surface area contributed by atoms with E-state index in [9.17, 15) is 0 Å². The second kappa shape index (κ2) is 8.47. The number of aromatic nitrogens is 1. The maximum atomic E-state index is 4.82. The third-order valence-electron chi connectivity index (χ3n) is 3.66. The molecule has 0 N–H and O–H groups in total. The van der Waals surface area contributed by atoms with E-state index in [2.05, 4.69) is 69.8 Å². The van der Waals surface area contributed by atoms with Gasteiger partial charge < -0.3 is 4.98 Å². The van der Waals surface area contributed by atoms with Crippen LogP contribution in [0.1, 0.15) is 26.3 Å². The van der Waals surface area contributed by atoms with Crippen LogP contribution in [0, 0.1) is 12.1 Å². The molecule has 0 amide bonds. The van der Waals surface area contributed by atoms with Gasteiger partial charge in [-0.1, -0.05) is 38.5 Å². The Hall–Kier alpha value is -1.63.